The quantitative estimate of drug-likeness (QED) is 0.697. The molecule has 1 rings (SSSR count). The summed E-state index contributed by atoms with van der Waals surface area (Å²) in [6.07, 6.45) is 2.68. The standard InChI is InChI=1S/C16H24N2O2/c1-3-10-18(16(19)12-15(13-17)20-2)11-9-14-7-5-4-6-8-14/h3-8,15H,1,9-13,17H2,2H3. The molecule has 0 aromatic heterocycles. The first kappa shape index (κ1) is 16.4. The highest BCUT2D eigenvalue weighted by Crippen LogP contribution is 2.05. The number of benzene rings is 1. The van der Waals surface area contributed by atoms with Crippen molar-refractivity contribution in [3.8, 4) is 0 Å². The molecule has 20 heavy (non-hydrogen) atoms. The molecule has 0 saturated carbocycles. The molecule has 4 heteroatoms. The number of hydrogen-bond donors (Lipinski definition) is 1. The Balaban J connectivity index is 2.54. The van der Waals surface area contributed by atoms with Crippen LogP contribution in [0.25, 0.3) is 0 Å². The van der Waals surface area contributed by atoms with Crippen LogP contribution in [0.15, 0.2) is 43.0 Å². The van der Waals surface area contributed by atoms with Gasteiger partial charge in [0.15, 0.2) is 0 Å². The lowest BCUT2D eigenvalue weighted by atomic mass is 10.1. The van der Waals surface area contributed by atoms with E-state index in [2.05, 4.69) is 18.7 Å². The van der Waals surface area contributed by atoms with Crippen LogP contribution < -0.4 is 5.73 Å². The predicted molar refractivity (Wildman–Crippen MR) is 81.4 cm³/mol. The molecule has 0 spiro atoms. The number of nitrogens with two attached hydrogens (primary N) is 1. The summed E-state index contributed by atoms with van der Waals surface area (Å²) in [6.45, 7) is 5.28. The van der Waals surface area contributed by atoms with E-state index in [0.29, 0.717) is 26.1 Å². The van der Waals surface area contributed by atoms with Crippen molar-refractivity contribution in [2.45, 2.75) is 18.9 Å². The molecule has 0 aliphatic rings. The molecule has 0 fully saturated rings. The molecular weight excluding hydrogens is 252 g/mol. The van der Waals surface area contributed by atoms with Crippen molar-refractivity contribution in [1.29, 1.82) is 0 Å². The maximum atomic E-state index is 12.2. The Bertz CT molecular complexity index is 402. The Kier molecular flexibility index (Phi) is 7.62. The van der Waals surface area contributed by atoms with Gasteiger partial charge >= 0.3 is 0 Å². The summed E-state index contributed by atoms with van der Waals surface area (Å²) in [5.74, 6) is 0.0538. The minimum absolute atomic E-state index is 0.0538. The molecule has 1 unspecified atom stereocenters. The Morgan fingerprint density at radius 1 is 1.45 bits per heavy atom. The second kappa shape index (κ2) is 9.28. The van der Waals surface area contributed by atoms with Gasteiger partial charge in [-0.05, 0) is 12.0 Å². The molecule has 1 amide bonds. The second-order valence-corrected chi connectivity index (χ2v) is 4.66. The van der Waals surface area contributed by atoms with E-state index in [9.17, 15) is 4.79 Å². The maximum absolute atomic E-state index is 12.2. The minimum atomic E-state index is -0.216. The third-order valence-corrected chi connectivity index (χ3v) is 3.21. The molecular formula is C16H24N2O2. The van der Waals surface area contributed by atoms with Crippen molar-refractivity contribution in [3.63, 3.8) is 0 Å². The van der Waals surface area contributed by atoms with Gasteiger partial charge in [-0.15, -0.1) is 6.58 Å². The van der Waals surface area contributed by atoms with Gasteiger partial charge in [-0.1, -0.05) is 36.4 Å². The number of methoxy groups -OCH3 is 1. The van der Waals surface area contributed by atoms with Gasteiger partial charge in [0.25, 0.3) is 0 Å². The number of nitrogens with zero attached hydrogens (tertiary/aromatic N) is 1. The van der Waals surface area contributed by atoms with Crippen LogP contribution in [0.3, 0.4) is 0 Å². The normalized spacial score (nSPS) is 11.9. The molecule has 0 saturated heterocycles. The summed E-state index contributed by atoms with van der Waals surface area (Å²) in [5.41, 5.74) is 6.77. The van der Waals surface area contributed by atoms with Crippen LogP contribution in [0.4, 0.5) is 0 Å². The van der Waals surface area contributed by atoms with E-state index in [0.717, 1.165) is 6.42 Å². The van der Waals surface area contributed by atoms with Crippen LogP contribution in [0.2, 0.25) is 0 Å². The van der Waals surface area contributed by atoms with Gasteiger partial charge in [0.2, 0.25) is 5.91 Å². The molecule has 1 atom stereocenters. The average Bonchev–Trinajstić information content (AvgIpc) is 2.49. The Hall–Kier alpha value is -1.65. The van der Waals surface area contributed by atoms with Crippen LogP contribution in [0, 0.1) is 0 Å². The van der Waals surface area contributed by atoms with Crippen molar-refractivity contribution in [3.05, 3.63) is 48.6 Å². The zero-order valence-corrected chi connectivity index (χ0v) is 12.1. The van der Waals surface area contributed by atoms with Crippen LogP contribution in [0.1, 0.15) is 12.0 Å². The Labute approximate surface area is 121 Å². The fourth-order valence-electron chi connectivity index (χ4n) is 1.97. The maximum Gasteiger partial charge on any atom is 0.225 e. The molecule has 0 aliphatic carbocycles. The van der Waals surface area contributed by atoms with Crippen molar-refractivity contribution >= 4 is 5.91 Å². The first-order valence-corrected chi connectivity index (χ1v) is 6.86. The van der Waals surface area contributed by atoms with Gasteiger partial charge in [0.1, 0.15) is 0 Å². The minimum Gasteiger partial charge on any atom is -0.380 e. The van der Waals surface area contributed by atoms with Crippen molar-refractivity contribution < 1.29 is 9.53 Å². The first-order valence-electron chi connectivity index (χ1n) is 6.86. The molecule has 110 valence electrons. The van der Waals surface area contributed by atoms with Gasteiger partial charge in [-0.3, -0.25) is 4.79 Å². The Morgan fingerprint density at radius 2 is 2.15 bits per heavy atom. The monoisotopic (exact) mass is 276 g/mol. The molecule has 0 heterocycles. The lowest BCUT2D eigenvalue weighted by Gasteiger charge is -2.23. The van der Waals surface area contributed by atoms with E-state index in [4.69, 9.17) is 10.5 Å². The number of amides is 1. The van der Waals surface area contributed by atoms with Crippen LogP contribution in [-0.2, 0) is 16.0 Å². The zero-order valence-electron chi connectivity index (χ0n) is 12.1. The van der Waals surface area contributed by atoms with Crippen molar-refractivity contribution in [2.75, 3.05) is 26.7 Å². The number of hydrogen-bond acceptors (Lipinski definition) is 3. The van der Waals surface area contributed by atoms with Crippen LogP contribution in [-0.4, -0.2) is 43.7 Å². The smallest absolute Gasteiger partial charge is 0.225 e. The average molecular weight is 276 g/mol. The van der Waals surface area contributed by atoms with E-state index in [1.807, 2.05) is 18.2 Å². The third kappa shape index (κ3) is 5.55. The molecule has 1 aromatic rings. The lowest BCUT2D eigenvalue weighted by molar-refractivity contribution is -0.133. The summed E-state index contributed by atoms with van der Waals surface area (Å²) < 4.78 is 5.16. The molecule has 0 radical (unpaired) electrons. The Morgan fingerprint density at radius 3 is 2.70 bits per heavy atom. The fraction of sp³-hybridized carbons (Fsp3) is 0.438. The van der Waals surface area contributed by atoms with Gasteiger partial charge in [-0.2, -0.15) is 0 Å². The second-order valence-electron chi connectivity index (χ2n) is 4.66. The van der Waals surface area contributed by atoms with Crippen molar-refractivity contribution in [1.82, 2.24) is 4.90 Å². The van der Waals surface area contributed by atoms with Crippen LogP contribution in [0.5, 0.6) is 0 Å². The van der Waals surface area contributed by atoms with Crippen LogP contribution >= 0.6 is 0 Å². The summed E-state index contributed by atoms with van der Waals surface area (Å²) in [4.78, 5) is 14.0. The van der Waals surface area contributed by atoms with Crippen molar-refractivity contribution in [2.24, 2.45) is 5.73 Å². The SMILES string of the molecule is C=CCN(CCc1ccccc1)C(=O)CC(CN)OC. The molecule has 0 aliphatic heterocycles. The summed E-state index contributed by atoms with van der Waals surface area (Å²) >= 11 is 0. The molecule has 4 nitrogen and oxygen atoms in total. The highest BCUT2D eigenvalue weighted by atomic mass is 16.5. The van der Waals surface area contributed by atoms with E-state index in [1.54, 1.807) is 18.1 Å². The zero-order chi connectivity index (χ0) is 14.8. The number of carbonyl (C=O) groups is 1. The fourth-order valence-corrected chi connectivity index (χ4v) is 1.97. The van der Waals surface area contributed by atoms with E-state index < -0.39 is 0 Å². The third-order valence-electron chi connectivity index (χ3n) is 3.21. The van der Waals surface area contributed by atoms with E-state index in [-0.39, 0.29) is 12.0 Å². The van der Waals surface area contributed by atoms with Gasteiger partial charge < -0.3 is 15.4 Å². The van der Waals surface area contributed by atoms with Gasteiger partial charge in [0, 0.05) is 26.7 Å². The topological polar surface area (TPSA) is 55.6 Å². The molecule has 0 bridgehead atoms. The summed E-state index contributed by atoms with van der Waals surface area (Å²) in [5, 5.41) is 0. The highest BCUT2D eigenvalue weighted by molar-refractivity contribution is 5.76. The largest absolute Gasteiger partial charge is 0.380 e. The predicted octanol–water partition coefficient (Wildman–Crippen LogP) is 1.61. The molecule has 2 N–H and O–H groups in total. The van der Waals surface area contributed by atoms with Gasteiger partial charge in [0.05, 0.1) is 12.5 Å². The highest BCUT2D eigenvalue weighted by Gasteiger charge is 2.17. The number of rotatable bonds is 9. The first-order chi connectivity index (χ1) is 9.71. The summed E-state index contributed by atoms with van der Waals surface area (Å²) in [7, 11) is 1.58. The molecule has 1 aromatic carbocycles. The lowest BCUT2D eigenvalue weighted by Crippen LogP contribution is -2.37. The summed E-state index contributed by atoms with van der Waals surface area (Å²) in [6, 6.07) is 10.1. The van der Waals surface area contributed by atoms with E-state index in [1.165, 1.54) is 5.56 Å². The number of ether oxygens (including phenoxy) is 1. The number of carbonyl (C=O) groups excluding carboxylic acids is 1. The van der Waals surface area contributed by atoms with Gasteiger partial charge in [-0.25, -0.2) is 0 Å². The van der Waals surface area contributed by atoms with E-state index >= 15 is 0 Å².